The molecule has 0 aromatic heterocycles. The number of nitrogens with one attached hydrogen (secondary N) is 1. The van der Waals surface area contributed by atoms with Gasteiger partial charge in [-0.15, -0.1) is 0 Å². The van der Waals surface area contributed by atoms with E-state index in [1.165, 1.54) is 44.9 Å². The van der Waals surface area contributed by atoms with Crippen LogP contribution in [-0.4, -0.2) is 26.3 Å². The van der Waals surface area contributed by atoms with Crippen LogP contribution in [0.3, 0.4) is 0 Å². The van der Waals surface area contributed by atoms with Gasteiger partial charge in [-0.1, -0.05) is 26.7 Å². The van der Waals surface area contributed by atoms with Gasteiger partial charge in [-0.25, -0.2) is 0 Å². The van der Waals surface area contributed by atoms with Crippen molar-refractivity contribution in [1.82, 2.24) is 5.32 Å². The Kier molecular flexibility index (Phi) is 7.87. The first kappa shape index (κ1) is 15.0. The van der Waals surface area contributed by atoms with Crippen LogP contribution in [0.1, 0.15) is 58.8 Å². The summed E-state index contributed by atoms with van der Waals surface area (Å²) in [6, 6.07) is 0.729. The summed E-state index contributed by atoms with van der Waals surface area (Å²) >= 11 is 0. The van der Waals surface area contributed by atoms with Gasteiger partial charge in [-0.3, -0.25) is 0 Å². The van der Waals surface area contributed by atoms with Crippen molar-refractivity contribution in [2.24, 2.45) is 11.8 Å². The molecule has 1 rings (SSSR count). The average molecular weight is 241 g/mol. The second-order valence-electron chi connectivity index (χ2n) is 5.50. The molecule has 102 valence electrons. The van der Waals surface area contributed by atoms with Gasteiger partial charge in [0.2, 0.25) is 0 Å². The highest BCUT2D eigenvalue weighted by molar-refractivity contribution is 4.83. The Balaban J connectivity index is 2.21. The molecule has 17 heavy (non-hydrogen) atoms. The summed E-state index contributed by atoms with van der Waals surface area (Å²) in [6.07, 6.45) is 9.20. The molecule has 0 aromatic carbocycles. The molecule has 1 aliphatic carbocycles. The summed E-state index contributed by atoms with van der Waals surface area (Å²) in [5, 5.41) is 3.50. The zero-order valence-corrected chi connectivity index (χ0v) is 12.0. The first-order valence-electron chi connectivity index (χ1n) is 7.56. The molecule has 1 aliphatic rings. The molecule has 0 bridgehead atoms. The minimum Gasteiger partial charge on any atom is -0.381 e. The number of rotatable bonds is 8. The topological polar surface area (TPSA) is 21.3 Å². The van der Waals surface area contributed by atoms with Gasteiger partial charge in [0.25, 0.3) is 0 Å². The highest BCUT2D eigenvalue weighted by Gasteiger charge is 2.28. The first-order chi connectivity index (χ1) is 8.31. The van der Waals surface area contributed by atoms with E-state index < -0.39 is 0 Å². The molecular formula is C15H31NO. The quantitative estimate of drug-likeness (QED) is 0.656. The summed E-state index contributed by atoms with van der Waals surface area (Å²) in [5.74, 6) is 1.79. The molecule has 2 nitrogen and oxygen atoms in total. The van der Waals surface area contributed by atoms with E-state index in [0.29, 0.717) is 0 Å². The molecule has 0 heterocycles. The van der Waals surface area contributed by atoms with E-state index in [0.717, 1.165) is 31.1 Å². The zero-order chi connectivity index (χ0) is 12.5. The summed E-state index contributed by atoms with van der Waals surface area (Å²) < 4.78 is 5.71. The van der Waals surface area contributed by atoms with Gasteiger partial charge in [-0.05, 0) is 51.0 Å². The Morgan fingerprint density at radius 3 is 2.65 bits per heavy atom. The molecule has 3 atom stereocenters. The van der Waals surface area contributed by atoms with Crippen molar-refractivity contribution in [3.8, 4) is 0 Å². The number of ether oxygens (including phenoxy) is 1. The largest absolute Gasteiger partial charge is 0.381 e. The maximum absolute atomic E-state index is 5.71. The van der Waals surface area contributed by atoms with E-state index in [1.807, 2.05) is 0 Å². The van der Waals surface area contributed by atoms with E-state index in [1.54, 1.807) is 0 Å². The molecule has 1 fully saturated rings. The number of hydrogen-bond acceptors (Lipinski definition) is 2. The lowest BCUT2D eigenvalue weighted by Gasteiger charge is -2.35. The third-order valence-corrected chi connectivity index (χ3v) is 4.31. The van der Waals surface area contributed by atoms with Crippen molar-refractivity contribution in [2.75, 3.05) is 20.3 Å². The smallest absolute Gasteiger partial charge is 0.0469 e. The molecule has 1 saturated carbocycles. The average Bonchev–Trinajstić information content (AvgIpc) is 2.38. The predicted octanol–water partition coefficient (Wildman–Crippen LogP) is 3.61. The Hall–Kier alpha value is -0.0800. The van der Waals surface area contributed by atoms with Gasteiger partial charge >= 0.3 is 0 Å². The van der Waals surface area contributed by atoms with Crippen LogP contribution in [0.25, 0.3) is 0 Å². The minimum atomic E-state index is 0.729. The van der Waals surface area contributed by atoms with Crippen molar-refractivity contribution in [2.45, 2.75) is 64.8 Å². The molecule has 0 radical (unpaired) electrons. The van der Waals surface area contributed by atoms with E-state index in [4.69, 9.17) is 4.74 Å². The normalized spacial score (nSPS) is 29.5. The van der Waals surface area contributed by atoms with Gasteiger partial charge in [0.1, 0.15) is 0 Å². The third kappa shape index (κ3) is 5.39. The Morgan fingerprint density at radius 2 is 2.00 bits per heavy atom. The predicted molar refractivity (Wildman–Crippen MR) is 74.3 cm³/mol. The van der Waals surface area contributed by atoms with Crippen LogP contribution < -0.4 is 5.32 Å². The van der Waals surface area contributed by atoms with Crippen LogP contribution >= 0.6 is 0 Å². The second-order valence-corrected chi connectivity index (χ2v) is 5.50. The van der Waals surface area contributed by atoms with E-state index in [2.05, 4.69) is 26.2 Å². The number of hydrogen-bond donors (Lipinski definition) is 1. The van der Waals surface area contributed by atoms with Gasteiger partial charge < -0.3 is 10.1 Å². The molecular weight excluding hydrogens is 210 g/mol. The maximum Gasteiger partial charge on any atom is 0.0469 e. The van der Waals surface area contributed by atoms with Gasteiger partial charge in [0.05, 0.1) is 0 Å². The summed E-state index contributed by atoms with van der Waals surface area (Å²) in [7, 11) is 2.11. The van der Waals surface area contributed by atoms with Gasteiger partial charge in [-0.2, -0.15) is 0 Å². The van der Waals surface area contributed by atoms with Crippen molar-refractivity contribution in [3.05, 3.63) is 0 Å². The zero-order valence-electron chi connectivity index (χ0n) is 12.0. The van der Waals surface area contributed by atoms with Crippen LogP contribution in [0.5, 0.6) is 0 Å². The SMILES string of the molecule is CCCCOCCC1CC(CC)CCC1NC. The molecule has 0 amide bonds. The highest BCUT2D eigenvalue weighted by Crippen LogP contribution is 2.33. The lowest BCUT2D eigenvalue weighted by atomic mass is 9.75. The van der Waals surface area contributed by atoms with E-state index in [9.17, 15) is 0 Å². The van der Waals surface area contributed by atoms with Crippen LogP contribution in [0.4, 0.5) is 0 Å². The Bertz CT molecular complexity index is 184. The summed E-state index contributed by atoms with van der Waals surface area (Å²) in [4.78, 5) is 0. The molecule has 3 unspecified atom stereocenters. The van der Waals surface area contributed by atoms with E-state index in [-0.39, 0.29) is 0 Å². The van der Waals surface area contributed by atoms with Crippen LogP contribution in [0.15, 0.2) is 0 Å². The maximum atomic E-state index is 5.71. The molecule has 0 saturated heterocycles. The molecule has 0 spiro atoms. The van der Waals surface area contributed by atoms with Crippen LogP contribution in [0, 0.1) is 11.8 Å². The van der Waals surface area contributed by atoms with Gasteiger partial charge in [0.15, 0.2) is 0 Å². The van der Waals surface area contributed by atoms with Crippen molar-refractivity contribution >= 4 is 0 Å². The van der Waals surface area contributed by atoms with Crippen LogP contribution in [0.2, 0.25) is 0 Å². The molecule has 0 aliphatic heterocycles. The number of unbranched alkanes of at least 4 members (excludes halogenated alkanes) is 1. The minimum absolute atomic E-state index is 0.729. The Labute approximate surface area is 108 Å². The monoisotopic (exact) mass is 241 g/mol. The third-order valence-electron chi connectivity index (χ3n) is 4.31. The first-order valence-corrected chi connectivity index (χ1v) is 7.56. The lowest BCUT2D eigenvalue weighted by molar-refractivity contribution is 0.0951. The highest BCUT2D eigenvalue weighted by atomic mass is 16.5. The fraction of sp³-hybridized carbons (Fsp3) is 1.00. The second kappa shape index (κ2) is 8.93. The lowest BCUT2D eigenvalue weighted by Crippen LogP contribution is -2.39. The van der Waals surface area contributed by atoms with Crippen molar-refractivity contribution < 1.29 is 4.74 Å². The molecule has 2 heteroatoms. The molecule has 0 aromatic rings. The molecule has 1 N–H and O–H groups in total. The van der Waals surface area contributed by atoms with Crippen molar-refractivity contribution in [3.63, 3.8) is 0 Å². The summed E-state index contributed by atoms with van der Waals surface area (Å²) in [6.45, 7) is 6.45. The fourth-order valence-electron chi connectivity index (χ4n) is 3.01. The van der Waals surface area contributed by atoms with Crippen molar-refractivity contribution in [1.29, 1.82) is 0 Å². The van der Waals surface area contributed by atoms with Crippen LogP contribution in [-0.2, 0) is 4.74 Å². The Morgan fingerprint density at radius 1 is 1.18 bits per heavy atom. The van der Waals surface area contributed by atoms with Gasteiger partial charge in [0, 0.05) is 19.3 Å². The summed E-state index contributed by atoms with van der Waals surface area (Å²) in [5.41, 5.74) is 0. The van der Waals surface area contributed by atoms with E-state index >= 15 is 0 Å². The fourth-order valence-corrected chi connectivity index (χ4v) is 3.01. The standard InChI is InChI=1S/C15H31NO/c1-4-6-10-17-11-9-14-12-13(5-2)7-8-15(14)16-3/h13-16H,4-12H2,1-3H3.